The van der Waals surface area contributed by atoms with Crippen LogP contribution in [0.15, 0.2) is 24.3 Å². The molecule has 0 aliphatic rings. The molecule has 0 saturated carbocycles. The quantitative estimate of drug-likeness (QED) is 0.603. The van der Waals surface area contributed by atoms with E-state index in [1.165, 1.54) is 36.2 Å². The second kappa shape index (κ2) is 7.51. The highest BCUT2D eigenvalue weighted by atomic mass is 16.6. The second-order valence-corrected chi connectivity index (χ2v) is 4.96. The predicted molar refractivity (Wildman–Crippen MR) is 82.2 cm³/mol. The van der Waals surface area contributed by atoms with Gasteiger partial charge in [0.05, 0.1) is 11.0 Å². The average molecular weight is 308 g/mol. The summed E-state index contributed by atoms with van der Waals surface area (Å²) in [6, 6.07) is 4.13. The number of likely N-dealkylation sites (N-methyl/N-ethyl adjacent to an activating group) is 1. The molecule has 1 rings (SSSR count). The first-order valence-corrected chi connectivity index (χ1v) is 6.85. The Kier molecular flexibility index (Phi) is 6.00. The van der Waals surface area contributed by atoms with Crippen molar-refractivity contribution in [3.63, 3.8) is 0 Å². The molecular formula is C14H20N4O4. The van der Waals surface area contributed by atoms with E-state index in [-0.39, 0.29) is 17.5 Å². The van der Waals surface area contributed by atoms with Crippen molar-refractivity contribution >= 4 is 23.2 Å². The number of hydrogen-bond acceptors (Lipinski definition) is 5. The largest absolute Gasteiger partial charge is 0.332 e. The van der Waals surface area contributed by atoms with Gasteiger partial charge in [-0.2, -0.15) is 0 Å². The number of nitro benzene ring substituents is 1. The number of anilines is 1. The molecule has 3 N–H and O–H groups in total. The molecule has 120 valence electrons. The van der Waals surface area contributed by atoms with Gasteiger partial charge < -0.3 is 16.0 Å². The van der Waals surface area contributed by atoms with E-state index in [1.54, 1.807) is 13.8 Å². The molecule has 0 saturated heterocycles. The highest BCUT2D eigenvalue weighted by Crippen LogP contribution is 2.16. The summed E-state index contributed by atoms with van der Waals surface area (Å²) in [7, 11) is 1.52. The molecule has 0 aliphatic heterocycles. The Balaban J connectivity index is 2.80. The third kappa shape index (κ3) is 4.26. The number of nitro groups is 1. The molecule has 1 aromatic carbocycles. The zero-order valence-corrected chi connectivity index (χ0v) is 12.8. The fraction of sp³-hybridized carbons (Fsp3) is 0.429. The fourth-order valence-electron chi connectivity index (χ4n) is 2.00. The van der Waals surface area contributed by atoms with E-state index in [0.29, 0.717) is 12.1 Å². The molecule has 8 nitrogen and oxygen atoms in total. The third-order valence-corrected chi connectivity index (χ3v) is 3.24. The first kappa shape index (κ1) is 17.6. The molecule has 0 aromatic heterocycles. The molecule has 0 unspecified atom stereocenters. The summed E-state index contributed by atoms with van der Waals surface area (Å²) in [4.78, 5) is 35.5. The Morgan fingerprint density at radius 3 is 2.32 bits per heavy atom. The van der Waals surface area contributed by atoms with Crippen LogP contribution in [0.4, 0.5) is 11.4 Å². The molecule has 0 heterocycles. The number of nitrogens with one attached hydrogen (secondary N) is 1. The SMILES string of the molecule is CC[C@@H](C(=O)Nc1ccc([N+](=O)[O-])cc1)N(C)C(=O)[C@H](C)N. The van der Waals surface area contributed by atoms with Crippen LogP contribution in [-0.4, -0.2) is 40.8 Å². The second-order valence-electron chi connectivity index (χ2n) is 4.96. The van der Waals surface area contributed by atoms with E-state index in [1.807, 2.05) is 0 Å². The van der Waals surface area contributed by atoms with Crippen molar-refractivity contribution in [2.45, 2.75) is 32.4 Å². The number of nitrogens with two attached hydrogens (primary N) is 1. The van der Waals surface area contributed by atoms with Crippen LogP contribution in [0.25, 0.3) is 0 Å². The number of hydrogen-bond donors (Lipinski definition) is 2. The topological polar surface area (TPSA) is 119 Å². The Morgan fingerprint density at radius 2 is 1.91 bits per heavy atom. The molecule has 2 amide bonds. The first-order chi connectivity index (χ1) is 10.3. The van der Waals surface area contributed by atoms with Crippen molar-refractivity contribution in [1.82, 2.24) is 4.90 Å². The summed E-state index contributed by atoms with van der Waals surface area (Å²) in [5.41, 5.74) is 5.91. The lowest BCUT2D eigenvalue weighted by Gasteiger charge is -2.27. The summed E-state index contributed by atoms with van der Waals surface area (Å²) in [6.45, 7) is 3.34. The van der Waals surface area contributed by atoms with Crippen LogP contribution < -0.4 is 11.1 Å². The smallest absolute Gasteiger partial charge is 0.269 e. The number of amides is 2. The van der Waals surface area contributed by atoms with Crippen LogP contribution in [0, 0.1) is 10.1 Å². The Labute approximate surface area is 128 Å². The number of rotatable bonds is 6. The Hall–Kier alpha value is -2.48. The molecule has 0 aliphatic carbocycles. The highest BCUT2D eigenvalue weighted by molar-refractivity contribution is 5.97. The van der Waals surface area contributed by atoms with E-state index in [4.69, 9.17) is 5.73 Å². The zero-order chi connectivity index (χ0) is 16.9. The van der Waals surface area contributed by atoms with E-state index >= 15 is 0 Å². The third-order valence-electron chi connectivity index (χ3n) is 3.24. The maximum absolute atomic E-state index is 12.3. The maximum atomic E-state index is 12.3. The van der Waals surface area contributed by atoms with Gasteiger partial charge in [0, 0.05) is 24.9 Å². The van der Waals surface area contributed by atoms with E-state index in [9.17, 15) is 19.7 Å². The van der Waals surface area contributed by atoms with Crippen molar-refractivity contribution in [3.8, 4) is 0 Å². The fourth-order valence-corrected chi connectivity index (χ4v) is 2.00. The standard InChI is InChI=1S/C14H20N4O4/c1-4-12(17(3)14(20)9(2)15)13(19)16-10-5-7-11(8-6-10)18(21)22/h5-9,12H,4,15H2,1-3H3,(H,16,19)/t9-,12-/m0/s1. The van der Waals surface area contributed by atoms with Gasteiger partial charge in [-0.3, -0.25) is 19.7 Å². The Morgan fingerprint density at radius 1 is 1.36 bits per heavy atom. The lowest BCUT2D eigenvalue weighted by Crippen LogP contribution is -2.49. The van der Waals surface area contributed by atoms with Crippen LogP contribution in [0.1, 0.15) is 20.3 Å². The lowest BCUT2D eigenvalue weighted by molar-refractivity contribution is -0.384. The molecule has 0 bridgehead atoms. The van der Waals surface area contributed by atoms with Gasteiger partial charge in [-0.15, -0.1) is 0 Å². The minimum absolute atomic E-state index is 0.0608. The van der Waals surface area contributed by atoms with Crippen LogP contribution in [0.5, 0.6) is 0 Å². The monoisotopic (exact) mass is 308 g/mol. The minimum Gasteiger partial charge on any atom is -0.332 e. The maximum Gasteiger partial charge on any atom is 0.269 e. The highest BCUT2D eigenvalue weighted by Gasteiger charge is 2.26. The molecular weight excluding hydrogens is 288 g/mol. The number of non-ortho nitro benzene ring substituents is 1. The normalized spacial score (nSPS) is 13.1. The average Bonchev–Trinajstić information content (AvgIpc) is 2.47. The van der Waals surface area contributed by atoms with Crippen molar-refractivity contribution in [2.75, 3.05) is 12.4 Å². The van der Waals surface area contributed by atoms with Crippen molar-refractivity contribution < 1.29 is 14.5 Å². The molecule has 0 fully saturated rings. The van der Waals surface area contributed by atoms with Crippen LogP contribution >= 0.6 is 0 Å². The van der Waals surface area contributed by atoms with Gasteiger partial charge in [-0.05, 0) is 25.5 Å². The van der Waals surface area contributed by atoms with Gasteiger partial charge in [0.15, 0.2) is 0 Å². The van der Waals surface area contributed by atoms with Crippen LogP contribution in [-0.2, 0) is 9.59 Å². The summed E-state index contributed by atoms with van der Waals surface area (Å²) < 4.78 is 0. The van der Waals surface area contributed by atoms with Gasteiger partial charge in [0.25, 0.3) is 5.69 Å². The number of benzene rings is 1. The number of carbonyl (C=O) groups is 2. The number of nitrogens with zero attached hydrogens (tertiary/aromatic N) is 2. The molecule has 0 radical (unpaired) electrons. The number of carbonyl (C=O) groups excluding carboxylic acids is 2. The van der Waals surface area contributed by atoms with Crippen molar-refractivity contribution in [3.05, 3.63) is 34.4 Å². The predicted octanol–water partition coefficient (Wildman–Crippen LogP) is 1.12. The lowest BCUT2D eigenvalue weighted by atomic mass is 10.1. The molecule has 2 atom stereocenters. The molecule has 1 aromatic rings. The van der Waals surface area contributed by atoms with E-state index < -0.39 is 17.0 Å². The van der Waals surface area contributed by atoms with Gasteiger partial charge >= 0.3 is 0 Å². The van der Waals surface area contributed by atoms with E-state index in [0.717, 1.165) is 0 Å². The van der Waals surface area contributed by atoms with Gasteiger partial charge in [0.2, 0.25) is 11.8 Å². The van der Waals surface area contributed by atoms with Gasteiger partial charge in [-0.25, -0.2) is 0 Å². The Bertz CT molecular complexity index is 556. The van der Waals surface area contributed by atoms with Crippen molar-refractivity contribution in [1.29, 1.82) is 0 Å². The van der Waals surface area contributed by atoms with Crippen LogP contribution in [0.3, 0.4) is 0 Å². The van der Waals surface area contributed by atoms with Crippen molar-refractivity contribution in [2.24, 2.45) is 5.73 Å². The zero-order valence-electron chi connectivity index (χ0n) is 12.8. The molecule has 22 heavy (non-hydrogen) atoms. The summed E-state index contributed by atoms with van der Waals surface area (Å²) in [6.07, 6.45) is 0.424. The van der Waals surface area contributed by atoms with Gasteiger partial charge in [0.1, 0.15) is 6.04 Å². The summed E-state index contributed by atoms with van der Waals surface area (Å²) in [5, 5.41) is 13.2. The summed E-state index contributed by atoms with van der Waals surface area (Å²) in [5.74, 6) is -0.696. The summed E-state index contributed by atoms with van der Waals surface area (Å²) >= 11 is 0. The van der Waals surface area contributed by atoms with Crippen LogP contribution in [0.2, 0.25) is 0 Å². The molecule has 8 heteroatoms. The van der Waals surface area contributed by atoms with Gasteiger partial charge in [-0.1, -0.05) is 6.92 Å². The minimum atomic E-state index is -0.689. The van der Waals surface area contributed by atoms with E-state index in [2.05, 4.69) is 5.32 Å². The first-order valence-electron chi connectivity index (χ1n) is 6.85. The molecule has 0 spiro atoms.